The van der Waals surface area contributed by atoms with Gasteiger partial charge in [0, 0.05) is 6.92 Å². The van der Waals surface area contributed by atoms with E-state index in [0.717, 1.165) is 12.5 Å². The van der Waals surface area contributed by atoms with Gasteiger partial charge in [-0.3, -0.25) is 0 Å². The molecular weight excluding hydrogens is 124 g/mol. The summed E-state index contributed by atoms with van der Waals surface area (Å²) in [5, 5.41) is 0. The molecule has 0 amide bonds. The van der Waals surface area contributed by atoms with Crippen LogP contribution >= 0.6 is 0 Å². The van der Waals surface area contributed by atoms with Gasteiger partial charge in [-0.05, 0) is 5.92 Å². The second kappa shape index (κ2) is 2.86. The van der Waals surface area contributed by atoms with E-state index in [2.05, 4.69) is 36.5 Å². The van der Waals surface area contributed by atoms with Gasteiger partial charge in [0.2, 0.25) is 0 Å². The van der Waals surface area contributed by atoms with Crippen LogP contribution in [0.1, 0.15) is 19.7 Å². The van der Waals surface area contributed by atoms with Crippen LogP contribution in [0, 0.1) is 12.8 Å². The Kier molecular flexibility index (Phi) is 2.10. The quantitative estimate of drug-likeness (QED) is 0.595. The number of hydrogen-bond donors (Lipinski definition) is 1. The zero-order valence-electron chi connectivity index (χ0n) is 6.89. The molecule has 0 aliphatic carbocycles. The Morgan fingerprint density at radius 2 is 2.30 bits per heavy atom. The van der Waals surface area contributed by atoms with Crippen molar-refractivity contribution in [2.24, 2.45) is 5.92 Å². The molecule has 10 heavy (non-hydrogen) atoms. The number of H-pyrrole nitrogens is 1. The van der Waals surface area contributed by atoms with Gasteiger partial charge in [0.25, 0.3) is 5.82 Å². The molecule has 0 saturated carbocycles. The number of aromatic amines is 1. The molecule has 1 aromatic rings. The maximum Gasteiger partial charge on any atom is 0.251 e. The number of hydrogen-bond acceptors (Lipinski definition) is 0. The zero-order valence-corrected chi connectivity index (χ0v) is 6.89. The first kappa shape index (κ1) is 7.32. The van der Waals surface area contributed by atoms with Gasteiger partial charge in [-0.2, -0.15) is 0 Å². The normalized spacial score (nSPS) is 10.8. The Morgan fingerprint density at radius 3 is 2.70 bits per heavy atom. The minimum Gasteiger partial charge on any atom is -0.248 e. The van der Waals surface area contributed by atoms with Gasteiger partial charge in [0.1, 0.15) is 12.4 Å². The van der Waals surface area contributed by atoms with Gasteiger partial charge in [-0.25, -0.2) is 9.55 Å². The molecular formula is C8H15N2+. The van der Waals surface area contributed by atoms with Crippen LogP contribution in [-0.2, 0) is 6.54 Å². The summed E-state index contributed by atoms with van der Waals surface area (Å²) < 4.78 is 2.23. The topological polar surface area (TPSA) is 19.7 Å². The zero-order chi connectivity index (χ0) is 7.56. The van der Waals surface area contributed by atoms with Crippen LogP contribution < -0.4 is 4.57 Å². The number of nitrogens with zero attached hydrogens (tertiary/aromatic N) is 1. The summed E-state index contributed by atoms with van der Waals surface area (Å²) in [6.45, 7) is 7.64. The lowest BCUT2D eigenvalue weighted by molar-refractivity contribution is -0.706. The molecule has 2 nitrogen and oxygen atoms in total. The summed E-state index contributed by atoms with van der Waals surface area (Å²) in [6, 6.07) is 0. The second-order valence-electron chi connectivity index (χ2n) is 3.09. The molecule has 0 spiro atoms. The molecule has 0 radical (unpaired) electrons. The maximum atomic E-state index is 3.14. The largest absolute Gasteiger partial charge is 0.251 e. The minimum absolute atomic E-state index is 0.722. The summed E-state index contributed by atoms with van der Waals surface area (Å²) in [4.78, 5) is 3.14. The molecule has 1 rings (SSSR count). The first-order valence-corrected chi connectivity index (χ1v) is 3.73. The molecule has 0 aliphatic heterocycles. The van der Waals surface area contributed by atoms with E-state index in [0.29, 0.717) is 0 Å². The summed E-state index contributed by atoms with van der Waals surface area (Å²) >= 11 is 0. The summed E-state index contributed by atoms with van der Waals surface area (Å²) in [7, 11) is 0. The van der Waals surface area contributed by atoms with E-state index in [9.17, 15) is 0 Å². The minimum atomic E-state index is 0.722. The number of nitrogens with one attached hydrogen (secondary N) is 1. The molecule has 0 unspecified atom stereocenters. The first-order chi connectivity index (χ1) is 4.70. The summed E-state index contributed by atoms with van der Waals surface area (Å²) in [5.41, 5.74) is 0. The number of rotatable bonds is 2. The van der Waals surface area contributed by atoms with E-state index in [1.807, 2.05) is 6.20 Å². The van der Waals surface area contributed by atoms with Crippen molar-refractivity contribution in [1.82, 2.24) is 4.98 Å². The van der Waals surface area contributed by atoms with Crippen molar-refractivity contribution < 1.29 is 4.57 Å². The van der Waals surface area contributed by atoms with E-state index >= 15 is 0 Å². The third-order valence-corrected chi connectivity index (χ3v) is 1.54. The lowest BCUT2D eigenvalue weighted by Crippen LogP contribution is -2.36. The number of imidazole rings is 1. The van der Waals surface area contributed by atoms with E-state index in [4.69, 9.17) is 0 Å². The molecule has 0 bridgehead atoms. The molecule has 1 aromatic heterocycles. The lowest BCUT2D eigenvalue weighted by atomic mass is 10.2. The standard InChI is InChI=1S/C8H14N2/c1-7(2)6-10-5-4-9-8(10)3/h4-5,7H,6H2,1-3H3/p+1. The predicted octanol–water partition coefficient (Wildman–Crippen LogP) is 1.27. The molecule has 0 atom stereocenters. The Hall–Kier alpha value is -0.790. The highest BCUT2D eigenvalue weighted by Gasteiger charge is 2.05. The fourth-order valence-corrected chi connectivity index (χ4v) is 1.03. The van der Waals surface area contributed by atoms with E-state index in [1.165, 1.54) is 5.82 Å². The van der Waals surface area contributed by atoms with Crippen LogP contribution in [0.5, 0.6) is 0 Å². The van der Waals surface area contributed by atoms with Gasteiger partial charge in [-0.15, -0.1) is 0 Å². The Balaban J connectivity index is 2.65. The second-order valence-corrected chi connectivity index (χ2v) is 3.09. The third-order valence-electron chi connectivity index (χ3n) is 1.54. The smallest absolute Gasteiger partial charge is 0.248 e. The van der Waals surface area contributed by atoms with Gasteiger partial charge >= 0.3 is 0 Å². The van der Waals surface area contributed by atoms with Crippen molar-refractivity contribution in [3.63, 3.8) is 0 Å². The van der Waals surface area contributed by atoms with Gasteiger partial charge < -0.3 is 0 Å². The fourth-order valence-electron chi connectivity index (χ4n) is 1.03. The summed E-state index contributed by atoms with van der Waals surface area (Å²) in [5.74, 6) is 1.95. The Labute approximate surface area is 61.9 Å². The van der Waals surface area contributed by atoms with Crippen LogP contribution in [-0.4, -0.2) is 4.98 Å². The molecule has 0 fully saturated rings. The lowest BCUT2D eigenvalue weighted by Gasteiger charge is -2.00. The van der Waals surface area contributed by atoms with Crippen molar-refractivity contribution in [2.75, 3.05) is 0 Å². The van der Waals surface area contributed by atoms with Crippen molar-refractivity contribution in [2.45, 2.75) is 27.3 Å². The summed E-state index contributed by atoms with van der Waals surface area (Å²) in [6.07, 6.45) is 4.05. The average Bonchev–Trinajstić information content (AvgIpc) is 2.15. The molecule has 0 saturated heterocycles. The Morgan fingerprint density at radius 1 is 1.60 bits per heavy atom. The molecule has 0 aromatic carbocycles. The van der Waals surface area contributed by atoms with Crippen molar-refractivity contribution in [1.29, 1.82) is 0 Å². The monoisotopic (exact) mass is 139 g/mol. The highest BCUT2D eigenvalue weighted by Crippen LogP contribution is 1.91. The van der Waals surface area contributed by atoms with Crippen LogP contribution in [0.25, 0.3) is 0 Å². The van der Waals surface area contributed by atoms with Gasteiger partial charge in [0.15, 0.2) is 0 Å². The molecule has 1 heterocycles. The highest BCUT2D eigenvalue weighted by molar-refractivity contribution is 4.70. The van der Waals surface area contributed by atoms with Gasteiger partial charge in [0.05, 0.1) is 6.54 Å². The number of aromatic nitrogens is 2. The fraction of sp³-hybridized carbons (Fsp3) is 0.625. The molecule has 56 valence electrons. The molecule has 1 N–H and O–H groups in total. The molecule has 0 aliphatic rings. The van der Waals surface area contributed by atoms with Gasteiger partial charge in [-0.1, -0.05) is 13.8 Å². The average molecular weight is 139 g/mol. The van der Waals surface area contributed by atoms with Crippen LogP contribution in [0.2, 0.25) is 0 Å². The van der Waals surface area contributed by atoms with E-state index in [1.54, 1.807) is 0 Å². The molecule has 2 heteroatoms. The van der Waals surface area contributed by atoms with Crippen molar-refractivity contribution >= 4 is 0 Å². The Bertz CT molecular complexity index is 201. The number of aryl methyl sites for hydroxylation is 1. The highest BCUT2D eigenvalue weighted by atomic mass is 15.0. The predicted molar refractivity (Wildman–Crippen MR) is 40.6 cm³/mol. The van der Waals surface area contributed by atoms with Crippen LogP contribution in [0.15, 0.2) is 12.4 Å². The van der Waals surface area contributed by atoms with Crippen molar-refractivity contribution in [3.8, 4) is 0 Å². The van der Waals surface area contributed by atoms with Crippen molar-refractivity contribution in [3.05, 3.63) is 18.2 Å². The van der Waals surface area contributed by atoms with E-state index in [-0.39, 0.29) is 0 Å². The van der Waals surface area contributed by atoms with E-state index < -0.39 is 0 Å². The van der Waals surface area contributed by atoms with Crippen LogP contribution in [0.4, 0.5) is 0 Å². The third kappa shape index (κ3) is 1.59. The first-order valence-electron chi connectivity index (χ1n) is 3.73. The SMILES string of the molecule is Cc1[nH]cc[n+]1CC(C)C. The van der Waals surface area contributed by atoms with Crippen LogP contribution in [0.3, 0.4) is 0 Å². The maximum absolute atomic E-state index is 3.14.